The van der Waals surface area contributed by atoms with E-state index in [0.717, 1.165) is 0 Å². The zero-order valence-electron chi connectivity index (χ0n) is 14.7. The van der Waals surface area contributed by atoms with Crippen molar-refractivity contribution < 1.29 is 29.0 Å². The van der Waals surface area contributed by atoms with Gasteiger partial charge in [-0.05, 0) is 36.4 Å². The largest absolute Gasteiger partial charge is 0.497 e. The predicted molar refractivity (Wildman–Crippen MR) is 97.8 cm³/mol. The van der Waals surface area contributed by atoms with Gasteiger partial charge in [0, 0.05) is 17.8 Å². The van der Waals surface area contributed by atoms with Crippen LogP contribution in [-0.2, 0) is 9.53 Å². The van der Waals surface area contributed by atoms with Gasteiger partial charge in [0.2, 0.25) is 0 Å². The quantitative estimate of drug-likeness (QED) is 0.597. The van der Waals surface area contributed by atoms with Crippen LogP contribution in [0.1, 0.15) is 20.7 Å². The molecule has 0 aliphatic heterocycles. The predicted octanol–water partition coefficient (Wildman–Crippen LogP) is 1.21. The maximum Gasteiger partial charge on any atom is 0.340 e. The van der Waals surface area contributed by atoms with E-state index in [1.165, 1.54) is 25.3 Å². The zero-order chi connectivity index (χ0) is 19.6. The van der Waals surface area contributed by atoms with Crippen LogP contribution in [0.3, 0.4) is 0 Å². The van der Waals surface area contributed by atoms with Gasteiger partial charge in [-0.1, -0.05) is 12.1 Å². The van der Waals surface area contributed by atoms with Crippen molar-refractivity contribution >= 4 is 23.5 Å². The lowest BCUT2D eigenvalue weighted by Crippen LogP contribution is -2.34. The molecule has 0 saturated heterocycles. The topological polar surface area (TPSA) is 114 Å². The summed E-state index contributed by atoms with van der Waals surface area (Å²) in [7, 11) is 1.50. The van der Waals surface area contributed by atoms with Crippen LogP contribution in [0.25, 0.3) is 0 Å². The van der Waals surface area contributed by atoms with E-state index in [-0.39, 0.29) is 24.3 Å². The molecule has 8 heteroatoms. The molecule has 27 heavy (non-hydrogen) atoms. The zero-order valence-corrected chi connectivity index (χ0v) is 14.7. The van der Waals surface area contributed by atoms with Crippen molar-refractivity contribution in [1.29, 1.82) is 0 Å². The molecule has 0 saturated carbocycles. The first-order valence-corrected chi connectivity index (χ1v) is 8.14. The van der Waals surface area contributed by atoms with E-state index in [2.05, 4.69) is 10.6 Å². The SMILES string of the molecule is COc1ccc(C(=O)NC(=O)COC(=O)c2ccccc2NCCO)cc1. The lowest BCUT2D eigenvalue weighted by molar-refractivity contribution is -0.123. The average molecular weight is 372 g/mol. The van der Waals surface area contributed by atoms with Crippen LogP contribution in [0.2, 0.25) is 0 Å². The average Bonchev–Trinajstić information content (AvgIpc) is 2.70. The first kappa shape index (κ1) is 19.9. The number of rotatable bonds is 8. The van der Waals surface area contributed by atoms with Crippen molar-refractivity contribution in [3.05, 3.63) is 59.7 Å². The number of carbonyl (C=O) groups excluding carboxylic acids is 3. The third-order valence-corrected chi connectivity index (χ3v) is 3.51. The van der Waals surface area contributed by atoms with Crippen molar-refractivity contribution in [2.75, 3.05) is 32.2 Å². The van der Waals surface area contributed by atoms with Crippen molar-refractivity contribution in [2.45, 2.75) is 0 Å². The molecule has 0 radical (unpaired) electrons. The number of anilines is 1. The van der Waals surface area contributed by atoms with Gasteiger partial charge in [-0.3, -0.25) is 14.9 Å². The number of aliphatic hydroxyl groups is 1. The van der Waals surface area contributed by atoms with Gasteiger partial charge in [0.1, 0.15) is 5.75 Å². The summed E-state index contributed by atoms with van der Waals surface area (Å²) >= 11 is 0. The summed E-state index contributed by atoms with van der Waals surface area (Å²) in [4.78, 5) is 36.0. The standard InChI is InChI=1S/C19H20N2O6/c1-26-14-8-6-13(7-9-14)18(24)21-17(23)12-27-19(25)15-4-2-3-5-16(15)20-10-11-22/h2-9,20,22H,10-12H2,1H3,(H,21,23,24). The number of aliphatic hydroxyl groups excluding tert-OH is 1. The summed E-state index contributed by atoms with van der Waals surface area (Å²) in [5, 5.41) is 13.9. The summed E-state index contributed by atoms with van der Waals surface area (Å²) in [6.07, 6.45) is 0. The number of para-hydroxylation sites is 1. The summed E-state index contributed by atoms with van der Waals surface area (Å²) in [5.74, 6) is -1.49. The molecular weight excluding hydrogens is 352 g/mol. The maximum absolute atomic E-state index is 12.2. The number of amides is 2. The molecule has 2 rings (SSSR count). The Morgan fingerprint density at radius 1 is 1.04 bits per heavy atom. The fourth-order valence-corrected chi connectivity index (χ4v) is 2.19. The van der Waals surface area contributed by atoms with E-state index in [0.29, 0.717) is 11.4 Å². The highest BCUT2D eigenvalue weighted by molar-refractivity contribution is 6.05. The molecule has 3 N–H and O–H groups in total. The molecule has 0 heterocycles. The monoisotopic (exact) mass is 372 g/mol. The first-order chi connectivity index (χ1) is 13.0. The molecule has 0 aliphatic carbocycles. The van der Waals surface area contributed by atoms with Gasteiger partial charge < -0.3 is 19.9 Å². The molecule has 0 atom stereocenters. The van der Waals surface area contributed by atoms with Crippen LogP contribution in [0.15, 0.2) is 48.5 Å². The van der Waals surface area contributed by atoms with E-state index < -0.39 is 24.4 Å². The minimum absolute atomic E-state index is 0.0980. The fourth-order valence-electron chi connectivity index (χ4n) is 2.19. The van der Waals surface area contributed by atoms with Crippen LogP contribution in [0, 0.1) is 0 Å². The second-order valence-electron chi connectivity index (χ2n) is 5.38. The van der Waals surface area contributed by atoms with Gasteiger partial charge in [0.05, 0.1) is 19.3 Å². The van der Waals surface area contributed by atoms with Crippen LogP contribution in [0.4, 0.5) is 5.69 Å². The molecule has 2 aromatic carbocycles. The first-order valence-electron chi connectivity index (χ1n) is 8.14. The number of benzene rings is 2. The van der Waals surface area contributed by atoms with Gasteiger partial charge >= 0.3 is 5.97 Å². The molecule has 0 unspecified atom stereocenters. The third kappa shape index (κ3) is 5.82. The lowest BCUT2D eigenvalue weighted by atomic mass is 10.2. The van der Waals surface area contributed by atoms with Crippen molar-refractivity contribution in [3.63, 3.8) is 0 Å². The highest BCUT2D eigenvalue weighted by Crippen LogP contribution is 2.16. The molecule has 8 nitrogen and oxygen atoms in total. The fraction of sp³-hybridized carbons (Fsp3) is 0.211. The van der Waals surface area contributed by atoms with Gasteiger partial charge in [-0.15, -0.1) is 0 Å². The second-order valence-corrected chi connectivity index (χ2v) is 5.38. The van der Waals surface area contributed by atoms with E-state index in [1.54, 1.807) is 30.3 Å². The Labute approximate surface area is 156 Å². The van der Waals surface area contributed by atoms with Crippen LogP contribution < -0.4 is 15.4 Å². The number of methoxy groups -OCH3 is 1. The van der Waals surface area contributed by atoms with Gasteiger partial charge in [-0.25, -0.2) is 4.79 Å². The molecule has 0 aliphatic rings. The highest BCUT2D eigenvalue weighted by Gasteiger charge is 2.16. The number of hydrogen-bond donors (Lipinski definition) is 3. The molecule has 142 valence electrons. The highest BCUT2D eigenvalue weighted by atomic mass is 16.5. The number of esters is 1. The number of nitrogens with one attached hydrogen (secondary N) is 2. The number of ether oxygens (including phenoxy) is 2. The Balaban J connectivity index is 1.89. The Kier molecular flexibility index (Phi) is 7.33. The van der Waals surface area contributed by atoms with Crippen molar-refractivity contribution in [1.82, 2.24) is 5.32 Å². The van der Waals surface area contributed by atoms with E-state index in [1.807, 2.05) is 0 Å². The van der Waals surface area contributed by atoms with Crippen molar-refractivity contribution in [3.8, 4) is 5.75 Å². The number of hydrogen-bond acceptors (Lipinski definition) is 7. The van der Waals surface area contributed by atoms with Crippen LogP contribution in [0.5, 0.6) is 5.75 Å². The summed E-state index contributed by atoms with van der Waals surface area (Å²) in [6.45, 7) is -0.435. The third-order valence-electron chi connectivity index (χ3n) is 3.51. The molecule has 2 amide bonds. The molecule has 0 spiro atoms. The maximum atomic E-state index is 12.2. The van der Waals surface area contributed by atoms with E-state index in [4.69, 9.17) is 14.6 Å². The Morgan fingerprint density at radius 3 is 2.41 bits per heavy atom. The molecule has 0 fully saturated rings. The Bertz CT molecular complexity index is 804. The summed E-state index contributed by atoms with van der Waals surface area (Å²) < 4.78 is 9.95. The Morgan fingerprint density at radius 2 is 1.74 bits per heavy atom. The van der Waals surface area contributed by atoms with E-state index >= 15 is 0 Å². The minimum atomic E-state index is -0.745. The van der Waals surface area contributed by atoms with Crippen molar-refractivity contribution in [2.24, 2.45) is 0 Å². The summed E-state index contributed by atoms with van der Waals surface area (Å²) in [6, 6.07) is 12.8. The molecule has 0 aromatic heterocycles. The van der Waals surface area contributed by atoms with E-state index in [9.17, 15) is 14.4 Å². The molecule has 2 aromatic rings. The molecule has 0 bridgehead atoms. The molecular formula is C19H20N2O6. The summed E-state index contributed by atoms with van der Waals surface area (Å²) in [5.41, 5.74) is 0.973. The van der Waals surface area contributed by atoms with Gasteiger partial charge in [0.15, 0.2) is 6.61 Å². The second kappa shape index (κ2) is 9.93. The Hall–Kier alpha value is -3.39. The lowest BCUT2D eigenvalue weighted by Gasteiger charge is -2.11. The van der Waals surface area contributed by atoms with Crippen LogP contribution in [-0.4, -0.2) is 49.8 Å². The van der Waals surface area contributed by atoms with Gasteiger partial charge in [0.25, 0.3) is 11.8 Å². The van der Waals surface area contributed by atoms with Gasteiger partial charge in [-0.2, -0.15) is 0 Å². The smallest absolute Gasteiger partial charge is 0.340 e. The minimum Gasteiger partial charge on any atom is -0.497 e. The number of imide groups is 1. The van der Waals surface area contributed by atoms with Crippen LogP contribution >= 0.6 is 0 Å². The normalized spacial score (nSPS) is 10.0. The number of carbonyl (C=O) groups is 3.